The van der Waals surface area contributed by atoms with Crippen LogP contribution < -0.4 is 9.47 Å². The average Bonchev–Trinajstić information content (AvgIpc) is 2.68. The Kier molecular flexibility index (Phi) is 5.49. The van der Waals surface area contributed by atoms with Crippen molar-refractivity contribution in [3.05, 3.63) is 41.0 Å². The van der Waals surface area contributed by atoms with E-state index in [2.05, 4.69) is 0 Å². The summed E-state index contributed by atoms with van der Waals surface area (Å²) in [6.45, 7) is 5.59. The lowest BCUT2D eigenvalue weighted by Gasteiger charge is -2.38. The Balaban J connectivity index is 1.60. The molecule has 2 aliphatic rings. The number of phenols is 3. The van der Waals surface area contributed by atoms with E-state index in [1.54, 1.807) is 26.0 Å². The van der Waals surface area contributed by atoms with Crippen LogP contribution in [0.3, 0.4) is 0 Å². The summed E-state index contributed by atoms with van der Waals surface area (Å²) in [5.74, 6) is -0.130. The number of phenolic OH excluding ortho intramolecular Hbond substituents is 3. The number of hydrogen-bond donors (Lipinski definition) is 4. The molecule has 0 amide bonds. The van der Waals surface area contributed by atoms with Gasteiger partial charge in [-0.25, -0.2) is 0 Å². The van der Waals surface area contributed by atoms with E-state index in [0.29, 0.717) is 36.1 Å². The van der Waals surface area contributed by atoms with Crippen LogP contribution in [-0.2, 0) is 6.42 Å². The number of ether oxygens (including phenoxy) is 2. The van der Waals surface area contributed by atoms with Crippen molar-refractivity contribution in [3.8, 4) is 28.7 Å². The Morgan fingerprint density at radius 1 is 1.12 bits per heavy atom. The second-order valence-corrected chi connectivity index (χ2v) is 9.77. The monoisotopic (exact) mass is 442 g/mol. The van der Waals surface area contributed by atoms with Gasteiger partial charge in [-0.1, -0.05) is 6.07 Å². The number of carbonyl (C=O) groups is 1. The molecule has 2 heterocycles. The summed E-state index contributed by atoms with van der Waals surface area (Å²) < 4.78 is 12.3. The average molecular weight is 443 g/mol. The first-order chi connectivity index (χ1) is 15.0. The van der Waals surface area contributed by atoms with E-state index in [0.717, 1.165) is 12.8 Å². The molecule has 0 aliphatic carbocycles. The second kappa shape index (κ2) is 7.89. The van der Waals surface area contributed by atoms with Crippen LogP contribution in [0.2, 0.25) is 0 Å². The SMILES string of the molecule is CC(C)(O)CCC[C@@]1(C)CCc2c(cc3c(c2O)C(=O)C[C@@H](c2ccc(O)c(O)c2)O3)O1. The molecular weight excluding hydrogens is 412 g/mol. The summed E-state index contributed by atoms with van der Waals surface area (Å²) >= 11 is 0. The van der Waals surface area contributed by atoms with Crippen molar-refractivity contribution < 1.29 is 34.7 Å². The molecule has 7 nitrogen and oxygen atoms in total. The summed E-state index contributed by atoms with van der Waals surface area (Å²) in [4.78, 5) is 12.9. The van der Waals surface area contributed by atoms with Crippen LogP contribution in [0.25, 0.3) is 0 Å². The predicted octanol–water partition coefficient (Wildman–Crippen LogP) is 4.53. The van der Waals surface area contributed by atoms with Crippen LogP contribution >= 0.6 is 0 Å². The molecule has 4 N–H and O–H groups in total. The van der Waals surface area contributed by atoms with Gasteiger partial charge in [-0.15, -0.1) is 0 Å². The normalized spacial score (nSPS) is 22.5. The molecule has 0 spiro atoms. The molecule has 0 unspecified atom stereocenters. The zero-order valence-electron chi connectivity index (χ0n) is 18.6. The van der Waals surface area contributed by atoms with Crippen molar-refractivity contribution in [2.24, 2.45) is 0 Å². The van der Waals surface area contributed by atoms with E-state index in [4.69, 9.17) is 9.47 Å². The molecule has 0 radical (unpaired) electrons. The Morgan fingerprint density at radius 2 is 1.88 bits per heavy atom. The van der Waals surface area contributed by atoms with Gasteiger partial charge in [-0.05, 0) is 70.6 Å². The quantitative estimate of drug-likeness (QED) is 0.503. The summed E-state index contributed by atoms with van der Waals surface area (Å²) in [5.41, 5.74) is 0.152. The maximum absolute atomic E-state index is 12.9. The molecule has 2 aromatic rings. The Labute approximate surface area is 187 Å². The molecule has 0 saturated carbocycles. The molecule has 172 valence electrons. The fraction of sp³-hybridized carbons (Fsp3) is 0.480. The van der Waals surface area contributed by atoms with Gasteiger partial charge in [0.25, 0.3) is 0 Å². The van der Waals surface area contributed by atoms with Crippen molar-refractivity contribution in [1.29, 1.82) is 0 Å². The molecule has 0 aromatic heterocycles. The van der Waals surface area contributed by atoms with Gasteiger partial charge in [0.1, 0.15) is 34.5 Å². The smallest absolute Gasteiger partial charge is 0.174 e. The maximum atomic E-state index is 12.9. The van der Waals surface area contributed by atoms with Gasteiger partial charge in [-0.2, -0.15) is 0 Å². The molecule has 2 atom stereocenters. The first-order valence-corrected chi connectivity index (χ1v) is 11.0. The fourth-order valence-corrected chi connectivity index (χ4v) is 4.53. The third-order valence-corrected chi connectivity index (χ3v) is 6.37. The highest BCUT2D eigenvalue weighted by Crippen LogP contribution is 2.49. The van der Waals surface area contributed by atoms with Crippen LogP contribution in [0.4, 0.5) is 0 Å². The first-order valence-electron chi connectivity index (χ1n) is 11.0. The van der Waals surface area contributed by atoms with E-state index in [-0.39, 0.29) is 40.8 Å². The molecule has 2 aliphatic heterocycles. The van der Waals surface area contributed by atoms with E-state index in [1.807, 2.05) is 6.92 Å². The number of hydrogen-bond acceptors (Lipinski definition) is 7. The molecular formula is C25H30O7. The zero-order valence-corrected chi connectivity index (χ0v) is 18.6. The van der Waals surface area contributed by atoms with Crippen molar-refractivity contribution in [2.75, 3.05) is 0 Å². The van der Waals surface area contributed by atoms with Crippen LogP contribution in [0, 0.1) is 0 Å². The molecule has 0 saturated heterocycles. The minimum atomic E-state index is -0.730. The van der Waals surface area contributed by atoms with Crippen LogP contribution in [0.1, 0.15) is 80.5 Å². The van der Waals surface area contributed by atoms with Crippen LogP contribution in [-0.4, -0.2) is 37.4 Å². The molecule has 0 fully saturated rings. The van der Waals surface area contributed by atoms with Gasteiger partial charge >= 0.3 is 0 Å². The molecule has 32 heavy (non-hydrogen) atoms. The molecule has 2 aromatic carbocycles. The van der Waals surface area contributed by atoms with Crippen molar-refractivity contribution >= 4 is 5.78 Å². The van der Waals surface area contributed by atoms with Gasteiger partial charge in [0.15, 0.2) is 17.3 Å². The summed E-state index contributed by atoms with van der Waals surface area (Å²) in [5, 5.41) is 40.2. The zero-order chi connectivity index (χ0) is 23.3. The third kappa shape index (κ3) is 4.35. The van der Waals surface area contributed by atoms with Gasteiger partial charge < -0.3 is 29.9 Å². The van der Waals surface area contributed by atoms with Gasteiger partial charge in [0.05, 0.1) is 12.0 Å². The van der Waals surface area contributed by atoms with E-state index in [1.165, 1.54) is 12.1 Å². The molecule has 4 rings (SSSR count). The highest BCUT2D eigenvalue weighted by molar-refractivity contribution is 6.03. The topological polar surface area (TPSA) is 116 Å². The van der Waals surface area contributed by atoms with Gasteiger partial charge in [0, 0.05) is 11.6 Å². The fourth-order valence-electron chi connectivity index (χ4n) is 4.53. The van der Waals surface area contributed by atoms with E-state index < -0.39 is 17.3 Å². The maximum Gasteiger partial charge on any atom is 0.174 e. The number of aliphatic hydroxyl groups is 1. The summed E-state index contributed by atoms with van der Waals surface area (Å²) in [6, 6.07) is 5.97. The number of rotatable bonds is 5. The van der Waals surface area contributed by atoms with Gasteiger partial charge in [-0.3, -0.25) is 4.79 Å². The summed E-state index contributed by atoms with van der Waals surface area (Å²) in [6.07, 6.45) is 2.85. The van der Waals surface area contributed by atoms with Crippen LogP contribution in [0.15, 0.2) is 24.3 Å². The third-order valence-electron chi connectivity index (χ3n) is 6.37. The summed E-state index contributed by atoms with van der Waals surface area (Å²) in [7, 11) is 0. The molecule has 0 bridgehead atoms. The number of benzene rings is 2. The largest absolute Gasteiger partial charge is 0.507 e. The highest BCUT2D eigenvalue weighted by Gasteiger charge is 2.38. The van der Waals surface area contributed by atoms with Crippen molar-refractivity contribution in [3.63, 3.8) is 0 Å². The Hall–Kier alpha value is -2.93. The number of fused-ring (bicyclic) bond motifs is 2. The minimum Gasteiger partial charge on any atom is -0.507 e. The highest BCUT2D eigenvalue weighted by atomic mass is 16.5. The van der Waals surface area contributed by atoms with Crippen molar-refractivity contribution in [1.82, 2.24) is 0 Å². The minimum absolute atomic E-state index is 0.0130. The standard InChI is InChI=1S/C25H30O7/c1-24(2,30)8-4-9-25(3)10-7-15-20(32-25)13-21-22(23(15)29)18(28)12-19(31-21)14-5-6-16(26)17(27)11-14/h5-6,11,13,19,26-27,29-30H,4,7-10,12H2,1-3H3/t19-,25-/m0/s1. The second-order valence-electron chi connectivity index (χ2n) is 9.77. The lowest BCUT2D eigenvalue weighted by molar-refractivity contribution is 0.0328. The predicted molar refractivity (Wildman–Crippen MR) is 118 cm³/mol. The van der Waals surface area contributed by atoms with E-state index in [9.17, 15) is 25.2 Å². The Bertz CT molecular complexity index is 1050. The first kappa shape index (κ1) is 22.3. The lowest BCUT2D eigenvalue weighted by atomic mass is 9.85. The van der Waals surface area contributed by atoms with Crippen LogP contribution in [0.5, 0.6) is 28.7 Å². The van der Waals surface area contributed by atoms with Crippen molar-refractivity contribution in [2.45, 2.75) is 76.6 Å². The van der Waals surface area contributed by atoms with E-state index >= 15 is 0 Å². The lowest BCUT2D eigenvalue weighted by Crippen LogP contribution is -2.37. The number of Topliss-reactive ketones (excluding diaryl/α,β-unsaturated/α-hetero) is 1. The number of aromatic hydroxyl groups is 3. The molecule has 7 heteroatoms. The van der Waals surface area contributed by atoms with Gasteiger partial charge in [0.2, 0.25) is 0 Å². The number of ketones is 1. The number of carbonyl (C=O) groups excluding carboxylic acids is 1. The Morgan fingerprint density at radius 3 is 2.56 bits per heavy atom.